The van der Waals surface area contributed by atoms with E-state index in [1.165, 1.54) is 0 Å². The van der Waals surface area contributed by atoms with Gasteiger partial charge >= 0.3 is 0 Å². The molecule has 6 nitrogen and oxygen atoms in total. The minimum absolute atomic E-state index is 0.0729. The highest BCUT2D eigenvalue weighted by Gasteiger charge is 2.29. The molecule has 0 saturated carbocycles. The van der Waals surface area contributed by atoms with Crippen molar-refractivity contribution in [2.75, 3.05) is 30.9 Å². The highest BCUT2D eigenvalue weighted by atomic mass is 32.2. The zero-order valence-electron chi connectivity index (χ0n) is 13.7. The van der Waals surface area contributed by atoms with Crippen molar-refractivity contribution in [1.82, 2.24) is 15.0 Å². The number of aliphatic hydroxyl groups is 1. The zero-order chi connectivity index (χ0) is 17.2. The van der Waals surface area contributed by atoms with Crippen LogP contribution in [-0.4, -0.2) is 52.1 Å². The van der Waals surface area contributed by atoms with E-state index in [1.54, 1.807) is 40.8 Å². The maximum absolute atomic E-state index is 10.6. The fourth-order valence-electron chi connectivity index (χ4n) is 3.00. The number of thiophene rings is 1. The van der Waals surface area contributed by atoms with E-state index in [0.717, 1.165) is 31.9 Å². The number of thiazole rings is 1. The molecule has 132 valence electrons. The molecule has 0 radical (unpaired) electrons. The average Bonchev–Trinajstić information content (AvgIpc) is 3.31. The Kier molecular flexibility index (Phi) is 5.18. The number of thioether (sulfide) groups is 1. The smallest absolute Gasteiger partial charge is 0.176 e. The Morgan fingerprint density at radius 1 is 1.48 bits per heavy atom. The molecule has 3 aromatic rings. The molecule has 0 spiro atoms. The van der Waals surface area contributed by atoms with Crippen molar-refractivity contribution in [3.05, 3.63) is 28.7 Å². The maximum Gasteiger partial charge on any atom is 0.176 e. The SMILES string of the molecule is CSc1nc2ncnc(N3CCOCC3CC(O)c3cccs3)c2s1. The molecule has 4 rings (SSSR count). The van der Waals surface area contributed by atoms with Crippen molar-refractivity contribution in [3.8, 4) is 0 Å². The van der Waals surface area contributed by atoms with Gasteiger partial charge < -0.3 is 14.7 Å². The number of hydrogen-bond acceptors (Lipinski definition) is 9. The van der Waals surface area contributed by atoms with Crippen LogP contribution in [0.5, 0.6) is 0 Å². The molecule has 1 fully saturated rings. The molecule has 1 aliphatic heterocycles. The van der Waals surface area contributed by atoms with Gasteiger partial charge in [0.1, 0.15) is 11.0 Å². The van der Waals surface area contributed by atoms with Crippen molar-refractivity contribution in [3.63, 3.8) is 0 Å². The van der Waals surface area contributed by atoms with Gasteiger partial charge in [-0.15, -0.1) is 22.7 Å². The number of rotatable bonds is 5. The van der Waals surface area contributed by atoms with E-state index in [2.05, 4.69) is 19.9 Å². The Hall–Kier alpha value is -1.26. The van der Waals surface area contributed by atoms with Crippen LogP contribution in [0.2, 0.25) is 0 Å². The summed E-state index contributed by atoms with van der Waals surface area (Å²) in [4.78, 5) is 16.6. The lowest BCUT2D eigenvalue weighted by atomic mass is 10.1. The monoisotopic (exact) mass is 394 g/mol. The minimum atomic E-state index is -0.491. The van der Waals surface area contributed by atoms with Crippen LogP contribution in [0.4, 0.5) is 5.82 Å². The average molecular weight is 395 g/mol. The molecule has 4 heterocycles. The van der Waals surface area contributed by atoms with Gasteiger partial charge in [-0.05, 0) is 17.7 Å². The number of morpholine rings is 1. The fraction of sp³-hybridized carbons (Fsp3) is 0.438. The highest BCUT2D eigenvalue weighted by molar-refractivity contribution is 8.00. The second-order valence-corrected chi connectivity index (χ2v) is 8.75. The summed E-state index contributed by atoms with van der Waals surface area (Å²) < 4.78 is 7.67. The van der Waals surface area contributed by atoms with Crippen LogP contribution in [0.15, 0.2) is 28.2 Å². The zero-order valence-corrected chi connectivity index (χ0v) is 16.1. The number of aliphatic hydroxyl groups excluding tert-OH is 1. The molecule has 1 aliphatic rings. The second-order valence-electron chi connectivity index (χ2n) is 5.72. The van der Waals surface area contributed by atoms with Crippen molar-refractivity contribution in [2.24, 2.45) is 0 Å². The van der Waals surface area contributed by atoms with Gasteiger partial charge in [-0.3, -0.25) is 0 Å². The van der Waals surface area contributed by atoms with E-state index < -0.39 is 6.10 Å². The van der Waals surface area contributed by atoms with Crippen molar-refractivity contribution < 1.29 is 9.84 Å². The van der Waals surface area contributed by atoms with Crippen molar-refractivity contribution in [1.29, 1.82) is 0 Å². The van der Waals surface area contributed by atoms with Gasteiger partial charge in [0.05, 0.1) is 25.4 Å². The summed E-state index contributed by atoms with van der Waals surface area (Å²) in [5, 5.41) is 12.6. The molecule has 0 aromatic carbocycles. The molecule has 1 saturated heterocycles. The van der Waals surface area contributed by atoms with Crippen molar-refractivity contribution in [2.45, 2.75) is 22.9 Å². The van der Waals surface area contributed by atoms with E-state index in [0.29, 0.717) is 19.6 Å². The van der Waals surface area contributed by atoms with E-state index in [4.69, 9.17) is 4.74 Å². The lowest BCUT2D eigenvalue weighted by Crippen LogP contribution is -2.46. The van der Waals surface area contributed by atoms with Gasteiger partial charge in [0.2, 0.25) is 0 Å². The van der Waals surface area contributed by atoms with E-state index in [1.807, 2.05) is 23.8 Å². The second kappa shape index (κ2) is 7.55. The van der Waals surface area contributed by atoms with Crippen molar-refractivity contribution >= 4 is 50.6 Å². The van der Waals surface area contributed by atoms with E-state index in [-0.39, 0.29) is 6.04 Å². The van der Waals surface area contributed by atoms with Gasteiger partial charge in [0, 0.05) is 17.8 Å². The predicted octanol–water partition coefficient (Wildman–Crippen LogP) is 3.20. The van der Waals surface area contributed by atoms with Gasteiger partial charge in [0.25, 0.3) is 0 Å². The summed E-state index contributed by atoms with van der Waals surface area (Å²) >= 11 is 4.82. The molecule has 9 heteroatoms. The quantitative estimate of drug-likeness (QED) is 0.666. The molecule has 0 aliphatic carbocycles. The predicted molar refractivity (Wildman–Crippen MR) is 103 cm³/mol. The summed E-state index contributed by atoms with van der Waals surface area (Å²) in [7, 11) is 0. The summed E-state index contributed by atoms with van der Waals surface area (Å²) in [5.41, 5.74) is 0.739. The summed E-state index contributed by atoms with van der Waals surface area (Å²) in [6.07, 6.45) is 3.71. The molecular weight excluding hydrogens is 376 g/mol. The summed E-state index contributed by atoms with van der Waals surface area (Å²) in [6.45, 7) is 1.99. The molecule has 2 atom stereocenters. The largest absolute Gasteiger partial charge is 0.387 e. The maximum atomic E-state index is 10.6. The van der Waals surface area contributed by atoms with Gasteiger partial charge in [-0.25, -0.2) is 15.0 Å². The topological polar surface area (TPSA) is 71.4 Å². The highest BCUT2D eigenvalue weighted by Crippen LogP contribution is 2.35. The lowest BCUT2D eigenvalue weighted by molar-refractivity contribution is 0.0686. The molecule has 3 aromatic heterocycles. The first-order valence-electron chi connectivity index (χ1n) is 7.97. The Morgan fingerprint density at radius 3 is 3.20 bits per heavy atom. The Morgan fingerprint density at radius 2 is 2.40 bits per heavy atom. The van der Waals surface area contributed by atoms with Gasteiger partial charge in [-0.1, -0.05) is 17.8 Å². The van der Waals surface area contributed by atoms with Crippen LogP contribution >= 0.6 is 34.4 Å². The molecular formula is C16H18N4O2S3. The molecule has 25 heavy (non-hydrogen) atoms. The summed E-state index contributed by atoms with van der Waals surface area (Å²) in [6, 6.07) is 4.01. The standard InChI is InChI=1S/C16H18N4O2S3/c1-23-16-19-14-13(25-16)15(18-9-17-14)20-4-5-22-8-10(20)7-11(21)12-3-2-6-24-12/h2-3,6,9-11,21H,4-5,7-8H2,1H3. The molecule has 2 unspecified atom stereocenters. The van der Waals surface area contributed by atoms with Crippen LogP contribution in [0.25, 0.3) is 10.3 Å². The fourth-order valence-corrected chi connectivity index (χ4v) is 5.24. The first kappa shape index (κ1) is 17.2. The number of nitrogens with zero attached hydrogens (tertiary/aromatic N) is 4. The van der Waals surface area contributed by atoms with Crippen LogP contribution in [-0.2, 0) is 4.74 Å². The number of hydrogen-bond donors (Lipinski definition) is 1. The van der Waals surface area contributed by atoms with Gasteiger partial charge in [-0.2, -0.15) is 0 Å². The number of fused-ring (bicyclic) bond motifs is 1. The van der Waals surface area contributed by atoms with E-state index in [9.17, 15) is 5.11 Å². The normalized spacial score (nSPS) is 19.4. The number of anilines is 1. The van der Waals surface area contributed by atoms with E-state index >= 15 is 0 Å². The first-order valence-corrected chi connectivity index (χ1v) is 10.9. The third-order valence-electron chi connectivity index (χ3n) is 4.19. The summed E-state index contributed by atoms with van der Waals surface area (Å²) in [5.74, 6) is 0.898. The molecule has 0 amide bonds. The Bertz CT molecular complexity index is 839. The molecule has 0 bridgehead atoms. The van der Waals surface area contributed by atoms with Crippen LogP contribution < -0.4 is 4.90 Å². The van der Waals surface area contributed by atoms with Crippen LogP contribution in [0, 0.1) is 0 Å². The van der Waals surface area contributed by atoms with Crippen LogP contribution in [0.3, 0.4) is 0 Å². The third-order valence-corrected chi connectivity index (χ3v) is 7.19. The Balaban J connectivity index is 1.64. The minimum Gasteiger partial charge on any atom is -0.387 e. The molecule has 1 N–H and O–H groups in total. The van der Waals surface area contributed by atoms with Gasteiger partial charge in [0.15, 0.2) is 15.8 Å². The van der Waals surface area contributed by atoms with Crippen LogP contribution in [0.1, 0.15) is 17.4 Å². The number of aromatic nitrogens is 3. The third kappa shape index (κ3) is 3.52. The Labute approximate surface area is 157 Å². The lowest BCUT2D eigenvalue weighted by Gasteiger charge is -2.37. The number of ether oxygens (including phenoxy) is 1. The first-order chi connectivity index (χ1) is 12.3.